The average Bonchev–Trinajstić information content (AvgIpc) is 3.07. The van der Waals surface area contributed by atoms with E-state index < -0.39 is 12.0 Å². The smallest absolute Gasteiger partial charge is 0.166 e. The highest BCUT2D eigenvalue weighted by atomic mass is 16.3. The van der Waals surface area contributed by atoms with Crippen LogP contribution >= 0.6 is 0 Å². The van der Waals surface area contributed by atoms with Crippen LogP contribution in [0.1, 0.15) is 89.0 Å². The number of hydrogen-bond donors (Lipinski definition) is 2. The van der Waals surface area contributed by atoms with E-state index in [1.165, 1.54) is 31.2 Å². The third-order valence-corrected chi connectivity index (χ3v) is 10.2. The van der Waals surface area contributed by atoms with Crippen molar-refractivity contribution in [2.24, 2.45) is 5.92 Å². The maximum absolute atomic E-state index is 11.6. The highest BCUT2D eigenvalue weighted by Crippen LogP contribution is 2.50. The number of nitrogens with zero attached hydrogens (tertiary/aromatic N) is 3. The molecule has 4 aliphatic rings. The zero-order chi connectivity index (χ0) is 23.8. The average molecular weight is 470 g/mol. The maximum atomic E-state index is 11.6. The van der Waals surface area contributed by atoms with Crippen molar-refractivity contribution in [2.75, 3.05) is 33.7 Å². The fraction of sp³-hybridized carbons (Fsp3) is 0.793. The molecule has 1 spiro atoms. The van der Waals surface area contributed by atoms with Crippen molar-refractivity contribution < 1.29 is 10.2 Å². The SMILES string of the molecule is CN(C)C1(c2ccccc2)CCC2(CC1)CN(CCC1(O)CCCCC1)C(O)N2CC1CCC1. The summed E-state index contributed by atoms with van der Waals surface area (Å²) in [6, 6.07) is 11.0. The topological polar surface area (TPSA) is 50.2 Å². The minimum atomic E-state index is -0.521. The zero-order valence-corrected chi connectivity index (χ0v) is 21.6. The standard InChI is InChI=1S/C29H47N3O2/c1-30(2)29(25-12-5-3-6-13-25)18-16-27(17-19-29)23-31(21-20-28(34)14-7-4-8-15-28)26(33)32(27)22-24-10-9-11-24/h3,5-6,12-13,24,26,33-34H,4,7-11,14-23H2,1-2H3. The second-order valence-corrected chi connectivity index (χ2v) is 12.3. The minimum Gasteiger partial charge on any atom is -0.390 e. The van der Waals surface area contributed by atoms with Crippen molar-refractivity contribution in [1.82, 2.24) is 14.7 Å². The summed E-state index contributed by atoms with van der Waals surface area (Å²) in [5, 5.41) is 22.7. The van der Waals surface area contributed by atoms with Gasteiger partial charge in [-0.15, -0.1) is 0 Å². The van der Waals surface area contributed by atoms with E-state index in [-0.39, 0.29) is 11.1 Å². The number of hydrogen-bond acceptors (Lipinski definition) is 5. The third-order valence-electron chi connectivity index (χ3n) is 10.2. The second kappa shape index (κ2) is 9.82. The van der Waals surface area contributed by atoms with E-state index in [9.17, 15) is 10.2 Å². The summed E-state index contributed by atoms with van der Waals surface area (Å²) in [6.45, 7) is 2.77. The summed E-state index contributed by atoms with van der Waals surface area (Å²) in [5.74, 6) is 0.739. The van der Waals surface area contributed by atoms with Gasteiger partial charge in [-0.2, -0.15) is 0 Å². The molecule has 1 aromatic carbocycles. The lowest BCUT2D eigenvalue weighted by molar-refractivity contribution is -0.107. The van der Waals surface area contributed by atoms with Crippen molar-refractivity contribution in [3.05, 3.63) is 35.9 Å². The molecule has 1 heterocycles. The molecule has 1 atom stereocenters. The van der Waals surface area contributed by atoms with Crippen LogP contribution < -0.4 is 0 Å². The van der Waals surface area contributed by atoms with E-state index in [2.05, 4.69) is 59.1 Å². The molecule has 34 heavy (non-hydrogen) atoms. The first-order chi connectivity index (χ1) is 16.4. The molecule has 0 radical (unpaired) electrons. The quantitative estimate of drug-likeness (QED) is 0.614. The molecular weight excluding hydrogens is 422 g/mol. The van der Waals surface area contributed by atoms with Gasteiger partial charge in [0, 0.05) is 30.7 Å². The first-order valence-corrected chi connectivity index (χ1v) is 14.0. The lowest BCUT2D eigenvalue weighted by atomic mass is 9.68. The highest BCUT2D eigenvalue weighted by molar-refractivity contribution is 5.26. The van der Waals surface area contributed by atoms with E-state index in [1.54, 1.807) is 0 Å². The summed E-state index contributed by atoms with van der Waals surface area (Å²) < 4.78 is 0. The Morgan fingerprint density at radius 1 is 0.912 bits per heavy atom. The monoisotopic (exact) mass is 469 g/mol. The van der Waals surface area contributed by atoms with Gasteiger partial charge in [0.05, 0.1) is 5.60 Å². The molecule has 1 aliphatic heterocycles. The van der Waals surface area contributed by atoms with E-state index in [0.717, 1.165) is 83.3 Å². The van der Waals surface area contributed by atoms with Crippen LogP contribution in [0.5, 0.6) is 0 Å². The van der Waals surface area contributed by atoms with E-state index in [1.807, 2.05) is 0 Å². The molecule has 0 amide bonds. The normalized spacial score (nSPS) is 35.1. The molecule has 0 bridgehead atoms. The van der Waals surface area contributed by atoms with Crippen molar-refractivity contribution in [1.29, 1.82) is 0 Å². The van der Waals surface area contributed by atoms with Gasteiger partial charge in [-0.1, -0.05) is 56.0 Å². The summed E-state index contributed by atoms with van der Waals surface area (Å²) in [4.78, 5) is 7.23. The molecule has 1 aromatic rings. The molecule has 3 saturated carbocycles. The van der Waals surface area contributed by atoms with Gasteiger partial charge >= 0.3 is 0 Å². The second-order valence-electron chi connectivity index (χ2n) is 12.3. The van der Waals surface area contributed by atoms with Crippen LogP contribution in [0.3, 0.4) is 0 Å². The number of aliphatic hydroxyl groups is 2. The van der Waals surface area contributed by atoms with E-state index >= 15 is 0 Å². The summed E-state index contributed by atoms with van der Waals surface area (Å²) in [6.07, 6.45) is 14.1. The van der Waals surface area contributed by atoms with Gasteiger partial charge in [-0.05, 0) is 83.4 Å². The van der Waals surface area contributed by atoms with Gasteiger partial charge in [0.1, 0.15) is 0 Å². The van der Waals surface area contributed by atoms with Gasteiger partial charge in [0.25, 0.3) is 0 Å². The van der Waals surface area contributed by atoms with Gasteiger partial charge in [-0.25, -0.2) is 0 Å². The van der Waals surface area contributed by atoms with Crippen LogP contribution in [0.2, 0.25) is 0 Å². The third kappa shape index (κ3) is 4.59. The number of aliphatic hydroxyl groups excluding tert-OH is 1. The molecule has 1 saturated heterocycles. The lowest BCUT2D eigenvalue weighted by Gasteiger charge is -2.52. The first kappa shape index (κ1) is 24.7. The number of benzene rings is 1. The molecule has 0 aromatic heterocycles. The van der Waals surface area contributed by atoms with Crippen molar-refractivity contribution >= 4 is 0 Å². The molecule has 5 nitrogen and oxygen atoms in total. The Labute approximate surface area is 207 Å². The molecular formula is C29H47N3O2. The van der Waals surface area contributed by atoms with Crippen LogP contribution in [0.15, 0.2) is 30.3 Å². The Kier molecular flexibility index (Phi) is 7.13. The Hall–Kier alpha value is -0.980. The van der Waals surface area contributed by atoms with E-state index in [4.69, 9.17) is 0 Å². The van der Waals surface area contributed by atoms with Gasteiger partial charge in [-0.3, -0.25) is 14.7 Å². The Morgan fingerprint density at radius 3 is 2.18 bits per heavy atom. The highest BCUT2D eigenvalue weighted by Gasteiger charge is 2.55. The van der Waals surface area contributed by atoms with E-state index in [0.29, 0.717) is 0 Å². The molecule has 4 fully saturated rings. The lowest BCUT2D eigenvalue weighted by Crippen LogP contribution is -2.57. The van der Waals surface area contributed by atoms with Crippen LogP contribution in [-0.2, 0) is 5.54 Å². The van der Waals surface area contributed by atoms with Crippen LogP contribution in [0.4, 0.5) is 0 Å². The fourth-order valence-corrected chi connectivity index (χ4v) is 7.56. The minimum absolute atomic E-state index is 0.0540. The van der Waals surface area contributed by atoms with Crippen molar-refractivity contribution in [3.8, 4) is 0 Å². The van der Waals surface area contributed by atoms with Crippen LogP contribution in [0, 0.1) is 5.92 Å². The maximum Gasteiger partial charge on any atom is 0.166 e. The fourth-order valence-electron chi connectivity index (χ4n) is 7.56. The Morgan fingerprint density at radius 2 is 1.59 bits per heavy atom. The summed E-state index contributed by atoms with van der Waals surface area (Å²) >= 11 is 0. The molecule has 190 valence electrons. The van der Waals surface area contributed by atoms with Crippen LogP contribution in [0.25, 0.3) is 0 Å². The predicted octanol–water partition coefficient (Wildman–Crippen LogP) is 4.54. The van der Waals surface area contributed by atoms with Gasteiger partial charge in [0.15, 0.2) is 6.35 Å². The zero-order valence-electron chi connectivity index (χ0n) is 21.6. The van der Waals surface area contributed by atoms with Crippen molar-refractivity contribution in [2.45, 2.75) is 107 Å². The predicted molar refractivity (Wildman–Crippen MR) is 137 cm³/mol. The largest absolute Gasteiger partial charge is 0.390 e. The van der Waals surface area contributed by atoms with Crippen LogP contribution in [-0.4, -0.2) is 76.1 Å². The van der Waals surface area contributed by atoms with Gasteiger partial charge < -0.3 is 10.2 Å². The first-order valence-electron chi connectivity index (χ1n) is 14.0. The van der Waals surface area contributed by atoms with Gasteiger partial charge in [0.2, 0.25) is 0 Å². The Bertz CT molecular complexity index is 795. The molecule has 1 unspecified atom stereocenters. The van der Waals surface area contributed by atoms with Crippen molar-refractivity contribution in [3.63, 3.8) is 0 Å². The molecule has 5 heteroatoms. The Balaban J connectivity index is 1.33. The summed E-state index contributed by atoms with van der Waals surface area (Å²) in [5.41, 5.74) is 1.03. The number of rotatable bonds is 7. The molecule has 2 N–H and O–H groups in total. The molecule has 3 aliphatic carbocycles. The molecule has 5 rings (SSSR count). The summed E-state index contributed by atoms with van der Waals surface area (Å²) in [7, 11) is 4.47.